The molecule has 1 fully saturated rings. The van der Waals surface area contributed by atoms with Gasteiger partial charge in [0.25, 0.3) is 0 Å². The lowest BCUT2D eigenvalue weighted by Gasteiger charge is -2.21. The van der Waals surface area contributed by atoms with E-state index < -0.39 is 11.7 Å². The third-order valence-corrected chi connectivity index (χ3v) is 3.99. The molecular formula is C16H16F3N3O. The van der Waals surface area contributed by atoms with E-state index in [1.54, 1.807) is 35.2 Å². The molecule has 1 N–H and O–H groups in total. The molecule has 0 aliphatic carbocycles. The van der Waals surface area contributed by atoms with Crippen LogP contribution in [0.2, 0.25) is 0 Å². The topological polar surface area (TPSA) is 49.2 Å². The van der Waals surface area contributed by atoms with Crippen LogP contribution in [-0.4, -0.2) is 35.0 Å². The summed E-state index contributed by atoms with van der Waals surface area (Å²) >= 11 is 0. The molecule has 1 saturated heterocycles. The van der Waals surface area contributed by atoms with Gasteiger partial charge >= 0.3 is 6.18 Å². The van der Waals surface area contributed by atoms with Gasteiger partial charge in [-0.2, -0.15) is 13.2 Å². The van der Waals surface area contributed by atoms with E-state index in [9.17, 15) is 13.2 Å². The van der Waals surface area contributed by atoms with Crippen LogP contribution in [0, 0.1) is 5.92 Å². The minimum atomic E-state index is -4.51. The highest BCUT2D eigenvalue weighted by Crippen LogP contribution is 2.38. The van der Waals surface area contributed by atoms with Gasteiger partial charge in [-0.25, -0.2) is 0 Å². The Kier molecular flexibility index (Phi) is 4.21. The van der Waals surface area contributed by atoms with Gasteiger partial charge in [-0.3, -0.25) is 0 Å². The first-order chi connectivity index (χ1) is 11.0. The summed E-state index contributed by atoms with van der Waals surface area (Å²) in [6.45, 7) is 0.764. The Morgan fingerprint density at radius 3 is 2.52 bits per heavy atom. The smallest absolute Gasteiger partial charge is 0.396 e. The molecule has 0 amide bonds. The van der Waals surface area contributed by atoms with Crippen molar-refractivity contribution in [1.82, 2.24) is 10.2 Å². The van der Waals surface area contributed by atoms with Crippen molar-refractivity contribution < 1.29 is 18.3 Å². The van der Waals surface area contributed by atoms with Crippen molar-refractivity contribution in [3.05, 3.63) is 42.0 Å². The van der Waals surface area contributed by atoms with Gasteiger partial charge in [-0.15, -0.1) is 10.2 Å². The molecule has 2 heterocycles. The van der Waals surface area contributed by atoms with Gasteiger partial charge in [-0.05, 0) is 12.5 Å². The average molecular weight is 323 g/mol. The molecule has 122 valence electrons. The summed E-state index contributed by atoms with van der Waals surface area (Å²) in [6.07, 6.45) is -3.86. The van der Waals surface area contributed by atoms with Gasteiger partial charge in [0.1, 0.15) is 5.56 Å². The summed E-state index contributed by atoms with van der Waals surface area (Å²) in [5.41, 5.74) is -0.00349. The summed E-state index contributed by atoms with van der Waals surface area (Å²) in [5, 5.41) is 17.0. The molecule has 1 aromatic carbocycles. The van der Waals surface area contributed by atoms with Crippen LogP contribution in [0.3, 0.4) is 0 Å². The molecule has 1 unspecified atom stereocenters. The first-order valence-electron chi connectivity index (χ1n) is 7.35. The summed E-state index contributed by atoms with van der Waals surface area (Å²) in [4.78, 5) is 1.55. The fourth-order valence-electron chi connectivity index (χ4n) is 2.75. The van der Waals surface area contributed by atoms with Crippen molar-refractivity contribution in [2.75, 3.05) is 24.6 Å². The van der Waals surface area contributed by atoms with E-state index in [1.807, 2.05) is 0 Å². The van der Waals surface area contributed by atoms with Crippen LogP contribution in [-0.2, 0) is 6.18 Å². The number of alkyl halides is 3. The molecule has 1 aliphatic heterocycles. The van der Waals surface area contributed by atoms with E-state index in [1.165, 1.54) is 0 Å². The number of benzene rings is 1. The minimum Gasteiger partial charge on any atom is -0.396 e. The van der Waals surface area contributed by atoms with E-state index in [4.69, 9.17) is 5.11 Å². The van der Waals surface area contributed by atoms with Crippen LogP contribution in [0.15, 0.2) is 36.4 Å². The van der Waals surface area contributed by atoms with Crippen molar-refractivity contribution in [2.45, 2.75) is 12.6 Å². The Bertz CT molecular complexity index is 676. The van der Waals surface area contributed by atoms with E-state index in [-0.39, 0.29) is 24.0 Å². The third-order valence-electron chi connectivity index (χ3n) is 3.99. The summed E-state index contributed by atoms with van der Waals surface area (Å²) < 4.78 is 40.3. The van der Waals surface area contributed by atoms with E-state index in [0.717, 1.165) is 6.07 Å². The Balaban J connectivity index is 2.00. The largest absolute Gasteiger partial charge is 0.420 e. The molecule has 0 radical (unpaired) electrons. The molecule has 0 bridgehead atoms. The fraction of sp³-hybridized carbons (Fsp3) is 0.375. The maximum absolute atomic E-state index is 13.4. The minimum absolute atomic E-state index is 0.0216. The zero-order valence-corrected chi connectivity index (χ0v) is 12.3. The number of aromatic nitrogens is 2. The Labute approximate surface area is 131 Å². The van der Waals surface area contributed by atoms with Gasteiger partial charge in [-0.1, -0.05) is 30.3 Å². The van der Waals surface area contributed by atoms with Crippen LogP contribution in [0.4, 0.5) is 19.0 Å². The second-order valence-electron chi connectivity index (χ2n) is 5.61. The first kappa shape index (κ1) is 15.7. The second kappa shape index (κ2) is 6.16. The molecule has 2 aromatic rings. The number of hydrogen-bond donors (Lipinski definition) is 1. The maximum Gasteiger partial charge on any atom is 0.420 e. The molecule has 3 rings (SSSR count). The van der Waals surface area contributed by atoms with Crippen molar-refractivity contribution in [3.8, 4) is 11.3 Å². The SMILES string of the molecule is OCC1CCN(c2nnc(-c3ccccc3)cc2C(F)(F)F)C1. The molecule has 23 heavy (non-hydrogen) atoms. The zero-order chi connectivity index (χ0) is 16.4. The van der Waals surface area contributed by atoms with Crippen molar-refractivity contribution in [3.63, 3.8) is 0 Å². The molecule has 0 saturated carbocycles. The molecule has 1 aromatic heterocycles. The normalized spacial score (nSPS) is 18.4. The van der Waals surface area contributed by atoms with Gasteiger partial charge in [0.2, 0.25) is 0 Å². The van der Waals surface area contributed by atoms with Crippen molar-refractivity contribution >= 4 is 5.82 Å². The predicted octanol–water partition coefficient (Wildman–Crippen LogP) is 2.98. The quantitative estimate of drug-likeness (QED) is 0.943. The zero-order valence-electron chi connectivity index (χ0n) is 12.3. The number of halogens is 3. The third kappa shape index (κ3) is 3.29. The van der Waals surface area contributed by atoms with Crippen LogP contribution in [0.5, 0.6) is 0 Å². The molecule has 0 spiro atoms. The summed E-state index contributed by atoms with van der Waals surface area (Å²) in [7, 11) is 0. The predicted molar refractivity (Wildman–Crippen MR) is 79.9 cm³/mol. The molecule has 7 heteroatoms. The number of aliphatic hydroxyl groups is 1. The van der Waals surface area contributed by atoms with Crippen molar-refractivity contribution in [1.29, 1.82) is 0 Å². The second-order valence-corrected chi connectivity index (χ2v) is 5.61. The van der Waals surface area contributed by atoms with Crippen LogP contribution < -0.4 is 4.90 Å². The number of anilines is 1. The van der Waals surface area contributed by atoms with E-state index in [2.05, 4.69) is 10.2 Å². The lowest BCUT2D eigenvalue weighted by molar-refractivity contribution is -0.137. The number of nitrogens with zero attached hydrogens (tertiary/aromatic N) is 3. The first-order valence-corrected chi connectivity index (χ1v) is 7.35. The van der Waals surface area contributed by atoms with Crippen LogP contribution >= 0.6 is 0 Å². The molecule has 1 aliphatic rings. The number of aliphatic hydroxyl groups excluding tert-OH is 1. The summed E-state index contributed by atoms with van der Waals surface area (Å²) in [5.74, 6) is -0.181. The maximum atomic E-state index is 13.4. The Hall–Kier alpha value is -2.15. The Morgan fingerprint density at radius 1 is 1.17 bits per heavy atom. The monoisotopic (exact) mass is 323 g/mol. The number of rotatable bonds is 3. The molecular weight excluding hydrogens is 307 g/mol. The standard InChI is InChI=1S/C16H16F3N3O/c17-16(18,19)13-8-14(12-4-2-1-3-5-12)20-21-15(13)22-7-6-11(9-22)10-23/h1-5,8,11,23H,6-7,9-10H2. The lowest BCUT2D eigenvalue weighted by Crippen LogP contribution is -2.26. The van der Waals surface area contributed by atoms with E-state index >= 15 is 0 Å². The highest BCUT2D eigenvalue weighted by atomic mass is 19.4. The van der Waals surface area contributed by atoms with Gasteiger partial charge in [0, 0.05) is 31.2 Å². The average Bonchev–Trinajstić information content (AvgIpc) is 3.03. The highest BCUT2D eigenvalue weighted by molar-refractivity contribution is 5.62. The van der Waals surface area contributed by atoms with E-state index in [0.29, 0.717) is 25.1 Å². The molecule has 4 nitrogen and oxygen atoms in total. The molecule has 1 atom stereocenters. The van der Waals surface area contributed by atoms with Gasteiger partial charge in [0.05, 0.1) is 5.69 Å². The lowest BCUT2D eigenvalue weighted by atomic mass is 10.1. The highest BCUT2D eigenvalue weighted by Gasteiger charge is 2.38. The number of hydrogen-bond acceptors (Lipinski definition) is 4. The van der Waals surface area contributed by atoms with Crippen LogP contribution in [0.25, 0.3) is 11.3 Å². The fourth-order valence-corrected chi connectivity index (χ4v) is 2.75. The van der Waals surface area contributed by atoms with Gasteiger partial charge < -0.3 is 10.0 Å². The van der Waals surface area contributed by atoms with Crippen LogP contribution in [0.1, 0.15) is 12.0 Å². The summed E-state index contributed by atoms with van der Waals surface area (Å²) in [6, 6.07) is 9.71. The van der Waals surface area contributed by atoms with Gasteiger partial charge in [0.15, 0.2) is 5.82 Å². The van der Waals surface area contributed by atoms with Crippen molar-refractivity contribution in [2.24, 2.45) is 5.92 Å². The Morgan fingerprint density at radius 2 is 1.91 bits per heavy atom.